The van der Waals surface area contributed by atoms with Crippen LogP contribution in [0.2, 0.25) is 0 Å². The molecule has 0 radical (unpaired) electrons. The van der Waals surface area contributed by atoms with Gasteiger partial charge in [0.2, 0.25) is 5.91 Å². The van der Waals surface area contributed by atoms with Gasteiger partial charge in [0.1, 0.15) is 18.7 Å². The third-order valence-electron chi connectivity index (χ3n) is 2.17. The van der Waals surface area contributed by atoms with Gasteiger partial charge in [0.15, 0.2) is 0 Å². The van der Waals surface area contributed by atoms with Crippen LogP contribution in [0.4, 0.5) is 5.69 Å². The molecule has 0 aliphatic rings. The lowest BCUT2D eigenvalue weighted by Crippen LogP contribution is -2.19. The Hall–Kier alpha value is -2.38. The lowest BCUT2D eigenvalue weighted by Gasteiger charge is -2.06. The molecule has 94 valence electrons. The van der Waals surface area contributed by atoms with Gasteiger partial charge in [0.25, 0.3) is 0 Å². The molecule has 0 fully saturated rings. The number of carbonyl (C=O) groups is 1. The van der Waals surface area contributed by atoms with E-state index in [1.807, 2.05) is 13.8 Å². The van der Waals surface area contributed by atoms with Crippen molar-refractivity contribution in [3.05, 3.63) is 24.5 Å². The van der Waals surface area contributed by atoms with Gasteiger partial charge in [0.05, 0.1) is 18.1 Å². The lowest BCUT2D eigenvalue weighted by molar-refractivity contribution is -0.116. The smallest absolute Gasteiger partial charge is 0.246 e. The molecular weight excluding hydrogens is 234 g/mol. The van der Waals surface area contributed by atoms with E-state index in [1.165, 1.54) is 11.0 Å². The predicted molar refractivity (Wildman–Crippen MR) is 62.6 cm³/mol. The summed E-state index contributed by atoms with van der Waals surface area (Å²) in [5.74, 6) is 0.771. The summed E-state index contributed by atoms with van der Waals surface area (Å²) in [4.78, 5) is 19.9. The summed E-state index contributed by atoms with van der Waals surface area (Å²) in [5.41, 5.74) is 0.553. The Morgan fingerprint density at radius 3 is 2.67 bits per heavy atom. The maximum atomic E-state index is 11.6. The molecule has 0 aromatic carbocycles. The number of carbonyl (C=O) groups excluding carboxylic acids is 1. The maximum absolute atomic E-state index is 11.6. The van der Waals surface area contributed by atoms with Crippen molar-refractivity contribution in [2.75, 3.05) is 5.32 Å². The number of hydrogen-bond donors (Lipinski definition) is 1. The van der Waals surface area contributed by atoms with Crippen LogP contribution in [0.5, 0.6) is 0 Å². The van der Waals surface area contributed by atoms with E-state index in [-0.39, 0.29) is 18.4 Å². The Balaban J connectivity index is 1.95. The summed E-state index contributed by atoms with van der Waals surface area (Å²) in [7, 11) is 0. The molecule has 0 saturated carbocycles. The van der Waals surface area contributed by atoms with E-state index in [0.717, 1.165) is 5.82 Å². The van der Waals surface area contributed by atoms with Crippen molar-refractivity contribution in [1.29, 1.82) is 0 Å². The third-order valence-corrected chi connectivity index (χ3v) is 2.17. The van der Waals surface area contributed by atoms with E-state index in [1.54, 1.807) is 12.4 Å². The Kier molecular flexibility index (Phi) is 3.56. The van der Waals surface area contributed by atoms with Gasteiger partial charge >= 0.3 is 0 Å². The van der Waals surface area contributed by atoms with Gasteiger partial charge in [-0.15, -0.1) is 5.10 Å². The normalized spacial score (nSPS) is 10.6. The molecule has 0 aliphatic heterocycles. The second kappa shape index (κ2) is 5.30. The topological polar surface area (TPSA) is 98.5 Å². The lowest BCUT2D eigenvalue weighted by atomic mass is 10.2. The molecule has 8 heteroatoms. The van der Waals surface area contributed by atoms with Gasteiger partial charge in [-0.3, -0.25) is 4.79 Å². The van der Waals surface area contributed by atoms with Crippen molar-refractivity contribution in [2.45, 2.75) is 26.3 Å². The second-order valence-electron chi connectivity index (χ2n) is 4.04. The van der Waals surface area contributed by atoms with E-state index in [2.05, 4.69) is 30.8 Å². The number of aromatic nitrogens is 6. The van der Waals surface area contributed by atoms with Gasteiger partial charge < -0.3 is 5.32 Å². The van der Waals surface area contributed by atoms with Crippen molar-refractivity contribution >= 4 is 11.6 Å². The highest BCUT2D eigenvalue weighted by atomic mass is 16.2. The molecule has 0 unspecified atom stereocenters. The van der Waals surface area contributed by atoms with Crippen molar-refractivity contribution in [3.8, 4) is 0 Å². The van der Waals surface area contributed by atoms with Crippen LogP contribution in [0.15, 0.2) is 18.7 Å². The van der Waals surface area contributed by atoms with E-state index in [9.17, 15) is 4.79 Å². The van der Waals surface area contributed by atoms with Crippen LogP contribution in [-0.2, 0) is 11.3 Å². The molecule has 2 aromatic rings. The maximum Gasteiger partial charge on any atom is 0.246 e. The summed E-state index contributed by atoms with van der Waals surface area (Å²) >= 11 is 0. The fourth-order valence-corrected chi connectivity index (χ4v) is 1.30. The highest BCUT2D eigenvalue weighted by Crippen LogP contribution is 2.10. The predicted octanol–water partition coefficient (Wildman–Crippen LogP) is 0.225. The van der Waals surface area contributed by atoms with Crippen LogP contribution in [0, 0.1) is 0 Å². The molecule has 8 nitrogen and oxygen atoms in total. The van der Waals surface area contributed by atoms with Gasteiger partial charge in [-0.2, -0.15) is 0 Å². The Morgan fingerprint density at radius 1 is 1.39 bits per heavy atom. The average molecular weight is 247 g/mol. The molecule has 0 bridgehead atoms. The van der Waals surface area contributed by atoms with Crippen LogP contribution in [0.25, 0.3) is 0 Å². The number of anilines is 1. The molecule has 0 atom stereocenters. The molecule has 0 saturated heterocycles. The van der Waals surface area contributed by atoms with Crippen LogP contribution in [-0.4, -0.2) is 36.1 Å². The molecule has 0 spiro atoms. The number of tetrazole rings is 1. The number of rotatable bonds is 4. The molecule has 2 heterocycles. The van der Waals surface area contributed by atoms with Gasteiger partial charge in [-0.1, -0.05) is 13.8 Å². The zero-order chi connectivity index (χ0) is 13.0. The van der Waals surface area contributed by atoms with Crippen molar-refractivity contribution < 1.29 is 4.79 Å². The number of nitrogens with one attached hydrogen (secondary N) is 1. The zero-order valence-corrected chi connectivity index (χ0v) is 10.1. The van der Waals surface area contributed by atoms with E-state index in [4.69, 9.17) is 0 Å². The first-order valence-electron chi connectivity index (χ1n) is 5.47. The first-order valence-corrected chi connectivity index (χ1v) is 5.47. The highest BCUT2D eigenvalue weighted by molar-refractivity contribution is 5.90. The van der Waals surface area contributed by atoms with Crippen LogP contribution in [0.3, 0.4) is 0 Å². The summed E-state index contributed by atoms with van der Waals surface area (Å²) in [5, 5.41) is 13.1. The van der Waals surface area contributed by atoms with Crippen molar-refractivity contribution in [3.63, 3.8) is 0 Å². The molecule has 1 amide bonds. The fourth-order valence-electron chi connectivity index (χ4n) is 1.30. The summed E-state index contributed by atoms with van der Waals surface area (Å²) in [6.45, 7) is 4.07. The quantitative estimate of drug-likeness (QED) is 0.830. The standard InChI is InChI=1S/C10H13N7O/c1-7(2)10-11-3-8(4-12-10)14-9(18)5-17-6-13-15-16-17/h3-4,6-7H,5H2,1-2H3,(H,14,18). The molecule has 2 rings (SSSR count). The Labute approximate surface area is 103 Å². The molecule has 18 heavy (non-hydrogen) atoms. The number of nitrogens with zero attached hydrogens (tertiary/aromatic N) is 6. The van der Waals surface area contributed by atoms with Gasteiger partial charge in [0, 0.05) is 5.92 Å². The van der Waals surface area contributed by atoms with E-state index < -0.39 is 0 Å². The summed E-state index contributed by atoms with van der Waals surface area (Å²) in [6, 6.07) is 0. The average Bonchev–Trinajstić information content (AvgIpc) is 2.82. The van der Waals surface area contributed by atoms with Crippen LogP contribution < -0.4 is 5.32 Å². The van der Waals surface area contributed by atoms with Crippen LogP contribution >= 0.6 is 0 Å². The largest absolute Gasteiger partial charge is 0.322 e. The minimum absolute atomic E-state index is 0.0545. The summed E-state index contributed by atoms with van der Waals surface area (Å²) < 4.78 is 1.33. The first kappa shape index (κ1) is 12.1. The fraction of sp³-hybridized carbons (Fsp3) is 0.400. The zero-order valence-electron chi connectivity index (χ0n) is 10.1. The monoisotopic (exact) mass is 247 g/mol. The SMILES string of the molecule is CC(C)c1ncc(NC(=O)Cn2cnnn2)cn1. The van der Waals surface area contributed by atoms with Crippen molar-refractivity contribution in [2.24, 2.45) is 0 Å². The van der Waals surface area contributed by atoms with Gasteiger partial charge in [-0.25, -0.2) is 14.6 Å². The minimum Gasteiger partial charge on any atom is -0.322 e. The molecular formula is C10H13N7O. The van der Waals surface area contributed by atoms with E-state index >= 15 is 0 Å². The Bertz CT molecular complexity index is 506. The molecule has 1 N–H and O–H groups in total. The van der Waals surface area contributed by atoms with Crippen LogP contribution in [0.1, 0.15) is 25.6 Å². The Morgan fingerprint density at radius 2 is 2.11 bits per heavy atom. The number of hydrogen-bond acceptors (Lipinski definition) is 6. The van der Waals surface area contributed by atoms with E-state index in [0.29, 0.717) is 5.69 Å². The third kappa shape index (κ3) is 3.06. The molecule has 0 aliphatic carbocycles. The van der Waals surface area contributed by atoms with Gasteiger partial charge in [-0.05, 0) is 10.4 Å². The molecule has 2 aromatic heterocycles. The first-order chi connectivity index (χ1) is 8.65. The van der Waals surface area contributed by atoms with Crippen molar-refractivity contribution in [1.82, 2.24) is 30.2 Å². The highest BCUT2D eigenvalue weighted by Gasteiger charge is 2.06. The minimum atomic E-state index is -0.233. The second-order valence-corrected chi connectivity index (χ2v) is 4.04. The number of amides is 1. The summed E-state index contributed by atoms with van der Waals surface area (Å²) in [6.07, 6.45) is 4.54.